The molecule has 1 aliphatic heterocycles. The van der Waals surface area contributed by atoms with Crippen LogP contribution in [0.4, 0.5) is 11.4 Å². The van der Waals surface area contributed by atoms with E-state index in [4.69, 9.17) is 4.74 Å². The summed E-state index contributed by atoms with van der Waals surface area (Å²) >= 11 is 3.36. The van der Waals surface area contributed by atoms with Gasteiger partial charge in [0.1, 0.15) is 12.3 Å². The van der Waals surface area contributed by atoms with Gasteiger partial charge in [0.25, 0.3) is 11.8 Å². The van der Waals surface area contributed by atoms with E-state index in [1.807, 2.05) is 13.8 Å². The van der Waals surface area contributed by atoms with E-state index in [2.05, 4.69) is 26.6 Å². The van der Waals surface area contributed by atoms with Crippen LogP contribution in [0.3, 0.4) is 0 Å². The molecular formula is C20H20BrN3O4. The highest BCUT2D eigenvalue weighted by atomic mass is 79.9. The lowest BCUT2D eigenvalue weighted by atomic mass is 10.1. The number of carbonyl (C=O) groups excluding carboxylic acids is 3. The fraction of sp³-hybridized carbons (Fsp3) is 0.250. The molecule has 2 aromatic carbocycles. The normalized spacial score (nSPS) is 13.0. The molecule has 0 bridgehead atoms. The summed E-state index contributed by atoms with van der Waals surface area (Å²) in [5.74, 6) is -0.466. The number of anilines is 2. The minimum Gasteiger partial charge on any atom is -0.482 e. The van der Waals surface area contributed by atoms with Gasteiger partial charge in [0.05, 0.1) is 16.9 Å². The molecule has 0 aromatic heterocycles. The Bertz CT molecular complexity index is 929. The number of ether oxygens (including phenoxy) is 1. The van der Waals surface area contributed by atoms with Crippen molar-refractivity contribution in [3.8, 4) is 5.75 Å². The van der Waals surface area contributed by atoms with E-state index in [9.17, 15) is 14.4 Å². The topological polar surface area (TPSA) is 87.7 Å². The zero-order valence-electron chi connectivity index (χ0n) is 15.5. The van der Waals surface area contributed by atoms with Gasteiger partial charge in [-0.15, -0.1) is 0 Å². The summed E-state index contributed by atoms with van der Waals surface area (Å²) in [7, 11) is 0. The maximum Gasteiger partial charge on any atom is 0.265 e. The Labute approximate surface area is 171 Å². The fourth-order valence-electron chi connectivity index (χ4n) is 2.82. The molecular weight excluding hydrogens is 426 g/mol. The minimum absolute atomic E-state index is 0.0296. The number of benzene rings is 2. The highest BCUT2D eigenvalue weighted by Crippen LogP contribution is 2.34. The quantitative estimate of drug-likeness (QED) is 0.740. The Morgan fingerprint density at radius 3 is 2.71 bits per heavy atom. The molecule has 146 valence electrons. The van der Waals surface area contributed by atoms with Crippen LogP contribution in [0, 0.1) is 0 Å². The molecule has 8 heteroatoms. The molecule has 3 rings (SSSR count). The number of hydrogen-bond donors (Lipinski definition) is 2. The van der Waals surface area contributed by atoms with Gasteiger partial charge in [-0.1, -0.05) is 28.1 Å². The van der Waals surface area contributed by atoms with Crippen molar-refractivity contribution >= 4 is 45.0 Å². The van der Waals surface area contributed by atoms with Crippen molar-refractivity contribution in [1.29, 1.82) is 0 Å². The van der Waals surface area contributed by atoms with Gasteiger partial charge in [-0.2, -0.15) is 0 Å². The van der Waals surface area contributed by atoms with Gasteiger partial charge in [0, 0.05) is 10.5 Å². The van der Waals surface area contributed by atoms with E-state index in [0.29, 0.717) is 22.7 Å². The first-order chi connectivity index (χ1) is 13.3. The Balaban J connectivity index is 1.77. The largest absolute Gasteiger partial charge is 0.482 e. The number of halogens is 1. The molecule has 0 atom stereocenters. The number of fused-ring (bicyclic) bond motifs is 1. The third-order valence-electron chi connectivity index (χ3n) is 4.03. The Hall–Kier alpha value is -2.87. The van der Waals surface area contributed by atoms with Crippen LogP contribution in [0.15, 0.2) is 46.9 Å². The maximum absolute atomic E-state index is 12.6. The van der Waals surface area contributed by atoms with Gasteiger partial charge >= 0.3 is 0 Å². The molecule has 1 heterocycles. The smallest absolute Gasteiger partial charge is 0.265 e. The Morgan fingerprint density at radius 2 is 1.96 bits per heavy atom. The molecule has 0 fully saturated rings. The van der Waals surface area contributed by atoms with E-state index >= 15 is 0 Å². The van der Waals surface area contributed by atoms with Crippen LogP contribution in [0.25, 0.3) is 0 Å². The molecule has 2 N–H and O–H groups in total. The van der Waals surface area contributed by atoms with Gasteiger partial charge in [0.15, 0.2) is 6.61 Å². The highest BCUT2D eigenvalue weighted by Gasteiger charge is 2.27. The number of carbonyl (C=O) groups is 3. The number of nitrogens with zero attached hydrogens (tertiary/aromatic N) is 1. The van der Waals surface area contributed by atoms with Crippen molar-refractivity contribution in [2.24, 2.45) is 0 Å². The molecule has 0 radical (unpaired) electrons. The summed E-state index contributed by atoms with van der Waals surface area (Å²) in [5, 5.41) is 5.53. The molecule has 0 unspecified atom stereocenters. The first-order valence-corrected chi connectivity index (χ1v) is 9.57. The second-order valence-corrected chi connectivity index (χ2v) is 7.52. The van der Waals surface area contributed by atoms with E-state index in [-0.39, 0.29) is 31.0 Å². The van der Waals surface area contributed by atoms with Crippen LogP contribution in [0.2, 0.25) is 0 Å². The molecule has 0 saturated carbocycles. The summed E-state index contributed by atoms with van der Waals surface area (Å²) in [4.78, 5) is 38.6. The average molecular weight is 446 g/mol. The van der Waals surface area contributed by atoms with Crippen molar-refractivity contribution in [2.75, 3.05) is 23.4 Å². The lowest BCUT2D eigenvalue weighted by molar-refractivity contribution is -0.123. The van der Waals surface area contributed by atoms with Crippen molar-refractivity contribution in [1.82, 2.24) is 5.32 Å². The number of nitrogens with one attached hydrogen (secondary N) is 2. The van der Waals surface area contributed by atoms with E-state index in [1.54, 1.807) is 42.5 Å². The summed E-state index contributed by atoms with van der Waals surface area (Å²) in [6, 6.07) is 12.0. The van der Waals surface area contributed by atoms with Crippen molar-refractivity contribution in [2.45, 2.75) is 19.9 Å². The summed E-state index contributed by atoms with van der Waals surface area (Å²) in [5.41, 5.74) is 1.28. The summed E-state index contributed by atoms with van der Waals surface area (Å²) < 4.78 is 6.24. The lowest BCUT2D eigenvalue weighted by Gasteiger charge is -2.29. The fourth-order valence-corrected chi connectivity index (χ4v) is 3.16. The molecule has 0 spiro atoms. The van der Waals surface area contributed by atoms with E-state index in [1.165, 1.54) is 4.90 Å². The van der Waals surface area contributed by atoms with Gasteiger partial charge < -0.3 is 15.4 Å². The molecule has 1 aliphatic rings. The van der Waals surface area contributed by atoms with Crippen LogP contribution in [-0.4, -0.2) is 36.9 Å². The number of amides is 3. The van der Waals surface area contributed by atoms with Gasteiger partial charge in [-0.05, 0) is 44.2 Å². The zero-order chi connectivity index (χ0) is 20.3. The predicted molar refractivity (Wildman–Crippen MR) is 110 cm³/mol. The van der Waals surface area contributed by atoms with Crippen LogP contribution in [0.1, 0.15) is 24.2 Å². The van der Waals surface area contributed by atoms with Crippen LogP contribution >= 0.6 is 15.9 Å². The van der Waals surface area contributed by atoms with E-state index < -0.39 is 5.91 Å². The van der Waals surface area contributed by atoms with Crippen molar-refractivity contribution < 1.29 is 19.1 Å². The van der Waals surface area contributed by atoms with Gasteiger partial charge in [-0.3, -0.25) is 19.3 Å². The molecule has 0 aliphatic carbocycles. The average Bonchev–Trinajstić information content (AvgIpc) is 2.64. The lowest BCUT2D eigenvalue weighted by Crippen LogP contribution is -2.43. The second-order valence-electron chi connectivity index (χ2n) is 6.60. The van der Waals surface area contributed by atoms with Crippen molar-refractivity contribution in [3.63, 3.8) is 0 Å². The SMILES string of the molecule is CC(C)NC(=O)c1ccccc1NC(=O)CN1C(=O)COc2cc(Br)ccc21. The number of rotatable bonds is 5. The number of para-hydroxylation sites is 1. The van der Waals surface area contributed by atoms with Crippen LogP contribution < -0.4 is 20.3 Å². The molecule has 28 heavy (non-hydrogen) atoms. The molecule has 2 aromatic rings. The van der Waals surface area contributed by atoms with Gasteiger partial charge in [-0.25, -0.2) is 0 Å². The minimum atomic E-state index is -0.408. The second kappa shape index (κ2) is 8.43. The number of hydrogen-bond acceptors (Lipinski definition) is 4. The predicted octanol–water partition coefficient (Wildman–Crippen LogP) is 2.95. The van der Waals surface area contributed by atoms with Crippen LogP contribution in [0.5, 0.6) is 5.75 Å². The van der Waals surface area contributed by atoms with Crippen LogP contribution in [-0.2, 0) is 9.59 Å². The maximum atomic E-state index is 12.6. The monoisotopic (exact) mass is 445 g/mol. The van der Waals surface area contributed by atoms with E-state index in [0.717, 1.165) is 4.47 Å². The molecule has 0 saturated heterocycles. The third kappa shape index (κ3) is 4.51. The van der Waals surface area contributed by atoms with Gasteiger partial charge in [0.2, 0.25) is 5.91 Å². The summed E-state index contributed by atoms with van der Waals surface area (Å²) in [6.07, 6.45) is 0. The van der Waals surface area contributed by atoms with Crippen molar-refractivity contribution in [3.05, 3.63) is 52.5 Å². The Morgan fingerprint density at radius 1 is 1.21 bits per heavy atom. The first kappa shape index (κ1) is 19.9. The Kier molecular flexibility index (Phi) is 5.99. The third-order valence-corrected chi connectivity index (χ3v) is 4.53. The summed E-state index contributed by atoms with van der Waals surface area (Å²) in [6.45, 7) is 3.40. The zero-order valence-corrected chi connectivity index (χ0v) is 17.1. The molecule has 7 nitrogen and oxygen atoms in total. The molecule has 3 amide bonds. The highest BCUT2D eigenvalue weighted by molar-refractivity contribution is 9.10. The standard InChI is InChI=1S/C20H20BrN3O4/c1-12(2)22-20(27)14-5-3-4-6-15(14)23-18(25)10-24-16-8-7-13(21)9-17(16)28-11-19(24)26/h3-9,12H,10-11H2,1-2H3,(H,22,27)(H,23,25). The first-order valence-electron chi connectivity index (χ1n) is 8.77.